The molecule has 0 amide bonds. The first-order valence-corrected chi connectivity index (χ1v) is 12.2. The van der Waals surface area contributed by atoms with E-state index in [1.54, 1.807) is 11.6 Å². The van der Waals surface area contributed by atoms with Crippen LogP contribution in [0.5, 0.6) is 0 Å². The number of hydrogen-bond acceptors (Lipinski definition) is 4. The monoisotopic (exact) mass is 503 g/mol. The second kappa shape index (κ2) is 10.2. The number of halogens is 1. The molecule has 0 aliphatic heterocycles. The van der Waals surface area contributed by atoms with Crippen LogP contribution in [-0.2, 0) is 11.3 Å². The fraction of sp³-hybridized carbons (Fsp3) is 0.276. The van der Waals surface area contributed by atoms with Crippen LogP contribution in [0.25, 0.3) is 5.69 Å². The highest BCUT2D eigenvalue weighted by atomic mass is 35.5. The van der Waals surface area contributed by atoms with Crippen molar-refractivity contribution >= 4 is 23.4 Å². The smallest absolute Gasteiger partial charge is 0.343 e. The van der Waals surface area contributed by atoms with Gasteiger partial charge in [-0.25, -0.2) is 9.48 Å². The summed E-state index contributed by atoms with van der Waals surface area (Å²) >= 11 is 6.49. The van der Waals surface area contributed by atoms with Gasteiger partial charge in [-0.2, -0.15) is 5.10 Å². The van der Waals surface area contributed by atoms with E-state index < -0.39 is 5.97 Å². The molecule has 0 saturated carbocycles. The lowest BCUT2D eigenvalue weighted by atomic mass is 10.1. The second-order valence-corrected chi connectivity index (χ2v) is 9.72. The summed E-state index contributed by atoms with van der Waals surface area (Å²) in [6.07, 6.45) is 0. The van der Waals surface area contributed by atoms with Gasteiger partial charge in [0.05, 0.1) is 12.2 Å². The van der Waals surface area contributed by atoms with Crippen molar-refractivity contribution < 1.29 is 14.3 Å². The van der Waals surface area contributed by atoms with Crippen molar-refractivity contribution in [3.05, 3.63) is 104 Å². The van der Waals surface area contributed by atoms with Crippen molar-refractivity contribution in [3.8, 4) is 5.69 Å². The number of esters is 1. The third-order valence-electron chi connectivity index (χ3n) is 6.25. The molecule has 4 rings (SSSR count). The molecular formula is C29H30ClN3O3. The van der Waals surface area contributed by atoms with E-state index in [-0.39, 0.29) is 23.1 Å². The molecule has 0 N–H and O–H groups in total. The molecule has 2 heterocycles. The molecule has 0 bridgehead atoms. The third kappa shape index (κ3) is 5.14. The molecule has 4 aromatic rings. The summed E-state index contributed by atoms with van der Waals surface area (Å²) < 4.78 is 9.01. The number of ether oxygens (including phenoxy) is 1. The normalized spacial score (nSPS) is 11.1. The van der Waals surface area contributed by atoms with Gasteiger partial charge in [0, 0.05) is 22.6 Å². The van der Waals surface area contributed by atoms with Gasteiger partial charge in [-0.05, 0) is 76.4 Å². The summed E-state index contributed by atoms with van der Waals surface area (Å²) in [4.78, 5) is 25.9. The van der Waals surface area contributed by atoms with E-state index in [0.717, 1.165) is 39.3 Å². The predicted octanol–water partition coefficient (Wildman–Crippen LogP) is 6.27. The predicted molar refractivity (Wildman–Crippen MR) is 142 cm³/mol. The van der Waals surface area contributed by atoms with Crippen LogP contribution in [0.2, 0.25) is 5.15 Å². The van der Waals surface area contributed by atoms with Gasteiger partial charge in [0.2, 0.25) is 5.78 Å². The average Bonchev–Trinajstić information content (AvgIpc) is 3.26. The molecule has 0 aliphatic carbocycles. The van der Waals surface area contributed by atoms with Crippen LogP contribution in [0.15, 0.2) is 48.5 Å². The van der Waals surface area contributed by atoms with Crippen LogP contribution >= 0.6 is 11.6 Å². The molecule has 186 valence electrons. The first-order chi connectivity index (χ1) is 17.0. The molecule has 36 heavy (non-hydrogen) atoms. The Balaban J connectivity index is 1.49. The Kier molecular flexibility index (Phi) is 7.18. The van der Waals surface area contributed by atoms with Gasteiger partial charge < -0.3 is 9.30 Å². The highest BCUT2D eigenvalue weighted by Gasteiger charge is 2.24. The highest BCUT2D eigenvalue weighted by Crippen LogP contribution is 2.25. The van der Waals surface area contributed by atoms with E-state index in [4.69, 9.17) is 16.3 Å². The molecule has 6 nitrogen and oxygen atoms in total. The number of Topliss-reactive ketones (excluding diaryl/α,β-unsaturated/α-hetero) is 1. The Bertz CT molecular complexity index is 1440. The lowest BCUT2D eigenvalue weighted by molar-refractivity contribution is 0.0474. The maximum Gasteiger partial charge on any atom is 0.343 e. The van der Waals surface area contributed by atoms with Gasteiger partial charge in [-0.1, -0.05) is 47.5 Å². The van der Waals surface area contributed by atoms with Crippen molar-refractivity contribution in [2.75, 3.05) is 6.61 Å². The van der Waals surface area contributed by atoms with Crippen molar-refractivity contribution in [1.82, 2.24) is 14.3 Å². The number of carbonyl (C=O) groups excluding carboxylic acids is 2. The third-order valence-corrected chi connectivity index (χ3v) is 6.64. The van der Waals surface area contributed by atoms with Crippen LogP contribution in [-0.4, -0.2) is 32.7 Å². The van der Waals surface area contributed by atoms with E-state index in [2.05, 4.69) is 23.3 Å². The molecule has 0 aliphatic rings. The van der Waals surface area contributed by atoms with Gasteiger partial charge in [-0.15, -0.1) is 0 Å². The Hall–Kier alpha value is -3.64. The van der Waals surface area contributed by atoms with Crippen LogP contribution in [0.3, 0.4) is 0 Å². The van der Waals surface area contributed by atoms with Gasteiger partial charge in [0.1, 0.15) is 10.7 Å². The van der Waals surface area contributed by atoms with E-state index in [1.807, 2.05) is 69.5 Å². The van der Waals surface area contributed by atoms with Gasteiger partial charge in [0.25, 0.3) is 0 Å². The van der Waals surface area contributed by atoms with E-state index in [0.29, 0.717) is 17.8 Å². The van der Waals surface area contributed by atoms with Gasteiger partial charge in [-0.3, -0.25) is 4.79 Å². The zero-order chi connectivity index (χ0) is 26.1. The number of benzene rings is 2. The van der Waals surface area contributed by atoms with Crippen LogP contribution in [0.1, 0.15) is 60.1 Å². The summed E-state index contributed by atoms with van der Waals surface area (Å²) in [6, 6.07) is 16.1. The molecule has 0 atom stereocenters. The molecule has 7 heteroatoms. The number of hydrogen-bond donors (Lipinski definition) is 0. The molecule has 0 spiro atoms. The van der Waals surface area contributed by atoms with Crippen molar-refractivity contribution in [1.29, 1.82) is 0 Å². The maximum atomic E-state index is 13.0. The van der Waals surface area contributed by atoms with Gasteiger partial charge >= 0.3 is 5.97 Å². The number of aryl methyl sites for hydroxylation is 5. The standard InChI is InChI=1S/C29H30ClN3O3/c1-17-7-9-23(10-8-17)15-32-28(30)27(21(5)31-32)29(35)36-16-26(34)25-14-20(4)33(22(25)6)24-12-18(2)11-19(3)13-24/h7-14H,15-16H2,1-6H3. The van der Waals surface area contributed by atoms with E-state index >= 15 is 0 Å². The van der Waals surface area contributed by atoms with Gasteiger partial charge in [0.15, 0.2) is 6.61 Å². The lowest BCUT2D eigenvalue weighted by Gasteiger charge is -2.12. The highest BCUT2D eigenvalue weighted by molar-refractivity contribution is 6.32. The summed E-state index contributed by atoms with van der Waals surface area (Å²) in [7, 11) is 0. The minimum Gasteiger partial charge on any atom is -0.454 e. The first kappa shape index (κ1) is 25.5. The topological polar surface area (TPSA) is 66.1 Å². The summed E-state index contributed by atoms with van der Waals surface area (Å²) in [5.74, 6) is -0.933. The maximum absolute atomic E-state index is 13.0. The van der Waals surface area contributed by atoms with Crippen molar-refractivity contribution in [2.45, 2.75) is 48.1 Å². The Morgan fingerprint density at radius 3 is 2.17 bits per heavy atom. The van der Waals surface area contributed by atoms with E-state index in [9.17, 15) is 9.59 Å². The zero-order valence-electron chi connectivity index (χ0n) is 21.5. The Labute approximate surface area is 216 Å². The Morgan fingerprint density at radius 1 is 0.889 bits per heavy atom. The largest absolute Gasteiger partial charge is 0.454 e. The van der Waals surface area contributed by atoms with Crippen LogP contribution in [0.4, 0.5) is 0 Å². The lowest BCUT2D eigenvalue weighted by Crippen LogP contribution is -2.15. The molecular weight excluding hydrogens is 474 g/mol. The summed E-state index contributed by atoms with van der Waals surface area (Å²) in [5.41, 5.74) is 8.37. The molecule has 2 aromatic heterocycles. The zero-order valence-corrected chi connectivity index (χ0v) is 22.2. The summed E-state index contributed by atoms with van der Waals surface area (Å²) in [5, 5.41) is 4.60. The van der Waals surface area contributed by atoms with E-state index in [1.165, 1.54) is 0 Å². The molecule has 0 unspecified atom stereocenters. The number of rotatable bonds is 7. The molecule has 2 aromatic carbocycles. The molecule has 0 fully saturated rings. The quantitative estimate of drug-likeness (QED) is 0.220. The van der Waals surface area contributed by atoms with Crippen LogP contribution < -0.4 is 0 Å². The Morgan fingerprint density at radius 2 is 1.53 bits per heavy atom. The fourth-order valence-electron chi connectivity index (χ4n) is 4.56. The molecule has 0 radical (unpaired) electrons. The van der Waals surface area contributed by atoms with Crippen molar-refractivity contribution in [2.24, 2.45) is 0 Å². The summed E-state index contributed by atoms with van der Waals surface area (Å²) in [6.45, 7) is 11.7. The number of carbonyl (C=O) groups is 2. The number of ketones is 1. The SMILES string of the molecule is Cc1ccc(Cn2nc(C)c(C(=O)OCC(=O)c3cc(C)n(-c4cc(C)cc(C)c4)c3C)c2Cl)cc1. The minimum absolute atomic E-state index is 0.178. The fourth-order valence-corrected chi connectivity index (χ4v) is 4.87. The van der Waals surface area contributed by atoms with Crippen LogP contribution in [0, 0.1) is 41.5 Å². The van der Waals surface area contributed by atoms with Crippen molar-refractivity contribution in [3.63, 3.8) is 0 Å². The molecule has 0 saturated heterocycles. The number of nitrogens with zero attached hydrogens (tertiary/aromatic N) is 3. The number of aromatic nitrogens is 3. The average molecular weight is 504 g/mol. The second-order valence-electron chi connectivity index (χ2n) is 9.36. The minimum atomic E-state index is -0.663. The first-order valence-electron chi connectivity index (χ1n) is 11.8.